The van der Waals surface area contributed by atoms with Crippen molar-refractivity contribution in [2.45, 2.75) is 6.42 Å². The largest absolute Gasteiger partial charge is 0.466 e. The monoisotopic (exact) mass is 563 g/mol. The number of esters is 2. The molecule has 1 aromatic heterocycles. The zero-order valence-corrected chi connectivity index (χ0v) is 19.7. The highest BCUT2D eigenvalue weighted by atomic mass is 36.0. The van der Waals surface area contributed by atoms with Gasteiger partial charge in [-0.15, -0.1) is 0 Å². The van der Waals surface area contributed by atoms with Crippen molar-refractivity contribution in [3.05, 3.63) is 33.3 Å². The van der Waals surface area contributed by atoms with E-state index in [-0.39, 0.29) is 5.28 Å². The van der Waals surface area contributed by atoms with E-state index in [2.05, 4.69) is 53.2 Å². The van der Waals surface area contributed by atoms with E-state index in [1.54, 1.807) is 5.32 Å². The van der Waals surface area contributed by atoms with E-state index in [9.17, 15) is 32.5 Å². The van der Waals surface area contributed by atoms with E-state index in [0.29, 0.717) is 0 Å². The second kappa shape index (κ2) is 13.1. The number of rotatable bonds is 2. The van der Waals surface area contributed by atoms with Crippen LogP contribution in [0.1, 0.15) is 16.9 Å². The molecule has 0 spiro atoms. The minimum atomic E-state index is -3.22. The topological polar surface area (TPSA) is 142 Å². The standard InChI is InChI=1S/C7H6FNO4.C6H3Cl2FN2O2.Cl3OP/c1-13-7(12)3-2-4(10)9-6(11)5(3)8;1-13-5(12)3-2(9)4(7)11-6(8)10-3;1-5(2,3)4/h2H2,1H3,(H,9,10,11);1H3;. The third kappa shape index (κ3) is 11.0. The van der Waals surface area contributed by atoms with Gasteiger partial charge in [-0.05, 0) is 45.3 Å². The fourth-order valence-electron chi connectivity index (χ4n) is 1.51. The number of nitrogens with one attached hydrogen (secondary N) is 1. The Kier molecular flexibility index (Phi) is 12.4. The lowest BCUT2D eigenvalue weighted by atomic mass is 10.1. The molecule has 0 aliphatic carbocycles. The summed E-state index contributed by atoms with van der Waals surface area (Å²) in [5, 5.41) is -2.33. The summed E-state index contributed by atoms with van der Waals surface area (Å²) >= 11 is 24.5. The summed E-state index contributed by atoms with van der Waals surface area (Å²) in [5.74, 6) is -6.17. The van der Waals surface area contributed by atoms with Crippen molar-refractivity contribution < 1.29 is 42.0 Å². The van der Waals surface area contributed by atoms with Crippen molar-refractivity contribution >= 4 is 85.9 Å². The summed E-state index contributed by atoms with van der Waals surface area (Å²) < 4.78 is 43.8. The first kappa shape index (κ1) is 29.4. The number of ether oxygens (including phenoxy) is 2. The molecule has 0 aromatic carbocycles. The predicted octanol–water partition coefficient (Wildman–Crippen LogP) is 3.95. The summed E-state index contributed by atoms with van der Waals surface area (Å²) in [6, 6.07) is 0. The number of hydrogen-bond donors (Lipinski definition) is 1. The first-order chi connectivity index (χ1) is 14.1. The van der Waals surface area contributed by atoms with Gasteiger partial charge in [0.05, 0.1) is 26.2 Å². The van der Waals surface area contributed by atoms with Gasteiger partial charge in [0.25, 0.3) is 5.91 Å². The molecule has 2 amide bonds. The molecule has 31 heavy (non-hydrogen) atoms. The molecule has 172 valence electrons. The van der Waals surface area contributed by atoms with Gasteiger partial charge in [0, 0.05) is 0 Å². The van der Waals surface area contributed by atoms with Crippen LogP contribution in [0.3, 0.4) is 0 Å². The van der Waals surface area contributed by atoms with Gasteiger partial charge in [0.2, 0.25) is 11.2 Å². The maximum absolute atomic E-state index is 13.0. The average Bonchev–Trinajstić information content (AvgIpc) is 2.65. The van der Waals surface area contributed by atoms with Crippen LogP contribution in [-0.2, 0) is 28.4 Å². The second-order valence-electron chi connectivity index (χ2n) is 4.67. The molecule has 0 saturated heterocycles. The molecule has 10 nitrogen and oxygen atoms in total. The molecule has 2 rings (SSSR count). The molecule has 0 bridgehead atoms. The number of carbonyl (C=O) groups is 4. The van der Waals surface area contributed by atoms with Crippen molar-refractivity contribution in [3.63, 3.8) is 0 Å². The van der Waals surface area contributed by atoms with Crippen molar-refractivity contribution in [2.75, 3.05) is 14.2 Å². The lowest BCUT2D eigenvalue weighted by molar-refractivity contribution is -0.139. The van der Waals surface area contributed by atoms with E-state index in [0.717, 1.165) is 14.2 Å². The van der Waals surface area contributed by atoms with Gasteiger partial charge in [0.15, 0.2) is 22.5 Å². The Morgan fingerprint density at radius 2 is 1.52 bits per heavy atom. The van der Waals surface area contributed by atoms with Crippen LogP contribution in [0.2, 0.25) is 10.4 Å². The molecule has 1 aromatic rings. The lowest BCUT2D eigenvalue weighted by Gasteiger charge is -2.12. The SMILES string of the molecule is COC(=O)C1=C(F)C(=O)NC(=O)C1.COC(=O)c1nc(Cl)nc(Cl)c1F.O=P(Cl)(Cl)Cl. The van der Waals surface area contributed by atoms with Crippen LogP contribution in [0.5, 0.6) is 0 Å². The molecule has 1 aliphatic rings. The highest BCUT2D eigenvalue weighted by Gasteiger charge is 2.30. The van der Waals surface area contributed by atoms with E-state index in [1.807, 2.05) is 0 Å². The average molecular weight is 565 g/mol. The molecule has 0 unspecified atom stereocenters. The molecule has 0 fully saturated rings. The van der Waals surface area contributed by atoms with Gasteiger partial charge in [0.1, 0.15) is 0 Å². The van der Waals surface area contributed by atoms with E-state index >= 15 is 0 Å². The summed E-state index contributed by atoms with van der Waals surface area (Å²) in [4.78, 5) is 49.7. The van der Waals surface area contributed by atoms with Crippen LogP contribution < -0.4 is 5.32 Å². The van der Waals surface area contributed by atoms with Gasteiger partial charge in [-0.3, -0.25) is 19.5 Å². The molecule has 0 saturated carbocycles. The van der Waals surface area contributed by atoms with E-state index in [1.165, 1.54) is 0 Å². The quantitative estimate of drug-likeness (QED) is 0.185. The van der Waals surface area contributed by atoms with Gasteiger partial charge in [-0.1, -0.05) is 11.6 Å². The first-order valence-corrected chi connectivity index (χ1v) is 12.3. The number of aromatic nitrogens is 2. The Hall–Kier alpha value is -1.56. The van der Waals surface area contributed by atoms with Gasteiger partial charge < -0.3 is 9.47 Å². The van der Waals surface area contributed by atoms with Gasteiger partial charge in [-0.2, -0.15) is 0 Å². The van der Waals surface area contributed by atoms with E-state index < -0.39 is 63.4 Å². The molecular formula is C13H9Cl5F2N3O7P. The van der Waals surface area contributed by atoms with Crippen LogP contribution >= 0.6 is 62.1 Å². The number of hydrogen-bond acceptors (Lipinski definition) is 9. The number of methoxy groups -OCH3 is 2. The number of nitrogens with zero attached hydrogens (tertiary/aromatic N) is 2. The molecule has 1 N–H and O–H groups in total. The fourth-order valence-corrected chi connectivity index (χ4v) is 1.89. The first-order valence-electron chi connectivity index (χ1n) is 7.09. The van der Waals surface area contributed by atoms with Crippen molar-refractivity contribution in [1.82, 2.24) is 15.3 Å². The Morgan fingerprint density at radius 3 is 1.97 bits per heavy atom. The van der Waals surface area contributed by atoms with Crippen LogP contribution in [0.15, 0.2) is 11.4 Å². The summed E-state index contributed by atoms with van der Waals surface area (Å²) in [7, 11) is 2.13. The van der Waals surface area contributed by atoms with Crippen LogP contribution in [0.4, 0.5) is 8.78 Å². The molecular weight excluding hydrogens is 556 g/mol. The van der Waals surface area contributed by atoms with Gasteiger partial charge in [-0.25, -0.2) is 28.3 Å². The summed E-state index contributed by atoms with van der Waals surface area (Å²) in [6.45, 7) is 0. The predicted molar refractivity (Wildman–Crippen MR) is 106 cm³/mol. The number of carbonyl (C=O) groups excluding carboxylic acids is 4. The maximum Gasteiger partial charge on any atom is 0.359 e. The lowest BCUT2D eigenvalue weighted by Crippen LogP contribution is -2.37. The normalized spacial score (nSPS) is 13.2. The van der Waals surface area contributed by atoms with Crippen molar-refractivity contribution in [1.29, 1.82) is 0 Å². The van der Waals surface area contributed by atoms with Gasteiger partial charge >= 0.3 is 17.1 Å². The zero-order chi connectivity index (χ0) is 24.5. The van der Waals surface area contributed by atoms with Crippen molar-refractivity contribution in [3.8, 4) is 0 Å². The molecule has 2 heterocycles. The maximum atomic E-state index is 13.0. The fraction of sp³-hybridized carbons (Fsp3) is 0.231. The smallest absolute Gasteiger partial charge is 0.359 e. The molecule has 1 aliphatic heterocycles. The van der Waals surface area contributed by atoms with Crippen LogP contribution in [-0.4, -0.2) is 47.9 Å². The molecule has 0 radical (unpaired) electrons. The number of amides is 2. The third-order valence-electron chi connectivity index (χ3n) is 2.65. The van der Waals surface area contributed by atoms with E-state index in [4.69, 9.17) is 23.2 Å². The Balaban J connectivity index is 0.000000479. The van der Waals surface area contributed by atoms with Crippen molar-refractivity contribution in [2.24, 2.45) is 0 Å². The minimum absolute atomic E-state index is 0.313. The summed E-state index contributed by atoms with van der Waals surface area (Å²) in [5.41, 5.74) is -1.11. The third-order valence-corrected chi connectivity index (χ3v) is 3.07. The highest BCUT2D eigenvalue weighted by Crippen LogP contribution is 2.61. The second-order valence-corrected chi connectivity index (χ2v) is 12.0. The van der Waals surface area contributed by atoms with Crippen LogP contribution in [0, 0.1) is 5.82 Å². The zero-order valence-electron chi connectivity index (χ0n) is 15.1. The molecule has 0 atom stereocenters. The molecule has 18 heteroatoms. The Labute approximate surface area is 196 Å². The Morgan fingerprint density at radius 1 is 1.03 bits per heavy atom. The highest BCUT2D eigenvalue weighted by molar-refractivity contribution is 8.24. The summed E-state index contributed by atoms with van der Waals surface area (Å²) in [6.07, 6.45) is -0.468. The minimum Gasteiger partial charge on any atom is -0.466 e. The number of imide groups is 1. The number of halogens is 7. The van der Waals surface area contributed by atoms with Crippen LogP contribution in [0.25, 0.3) is 0 Å². The Bertz CT molecular complexity index is 965.